The van der Waals surface area contributed by atoms with Crippen LogP contribution in [0.4, 0.5) is 5.82 Å². The van der Waals surface area contributed by atoms with Crippen molar-refractivity contribution in [1.29, 1.82) is 0 Å². The minimum absolute atomic E-state index is 0.0469. The van der Waals surface area contributed by atoms with Crippen LogP contribution < -0.4 is 5.32 Å². The molecule has 1 aliphatic rings. The van der Waals surface area contributed by atoms with E-state index in [1.54, 1.807) is 18.5 Å². The highest BCUT2D eigenvalue weighted by atomic mass is 79.9. The molecule has 2 aromatic carbocycles. The molecule has 2 N–H and O–H groups in total. The minimum atomic E-state index is -0.127. The maximum atomic E-state index is 12.2. The number of hydrogen-bond acceptors (Lipinski definition) is 3. The lowest BCUT2D eigenvalue weighted by atomic mass is 9.90. The van der Waals surface area contributed by atoms with Crippen molar-refractivity contribution in [2.45, 2.75) is 12.3 Å². The number of phenolic OH excluding ortho intramolecular Hbond substituents is 1. The Bertz CT molecular complexity index is 918. The van der Waals surface area contributed by atoms with E-state index in [9.17, 15) is 9.90 Å². The Morgan fingerprint density at radius 2 is 1.92 bits per heavy atom. The molecular formula is C18H14BrN3O2. The first-order chi connectivity index (χ1) is 11.6. The van der Waals surface area contributed by atoms with E-state index in [4.69, 9.17) is 0 Å². The third-order valence-electron chi connectivity index (χ3n) is 4.18. The monoisotopic (exact) mass is 383 g/mol. The molecule has 24 heavy (non-hydrogen) atoms. The predicted octanol–water partition coefficient (Wildman–Crippen LogP) is 3.81. The first kappa shape index (κ1) is 15.0. The topological polar surface area (TPSA) is 67.1 Å². The first-order valence-corrected chi connectivity index (χ1v) is 8.33. The maximum absolute atomic E-state index is 12.2. The van der Waals surface area contributed by atoms with E-state index < -0.39 is 0 Å². The summed E-state index contributed by atoms with van der Waals surface area (Å²) in [6.07, 6.45) is 2.06. The number of para-hydroxylation sites is 1. The molecule has 1 amide bonds. The molecule has 2 heterocycles. The second-order valence-corrected chi connectivity index (χ2v) is 6.55. The summed E-state index contributed by atoms with van der Waals surface area (Å²) in [6.45, 7) is 0. The van der Waals surface area contributed by atoms with E-state index >= 15 is 0 Å². The molecule has 5 nitrogen and oxygen atoms in total. The molecule has 1 aliphatic heterocycles. The van der Waals surface area contributed by atoms with E-state index in [0.717, 1.165) is 21.4 Å². The number of aromatic hydroxyl groups is 1. The molecule has 0 radical (unpaired) electrons. The van der Waals surface area contributed by atoms with Gasteiger partial charge < -0.3 is 10.4 Å². The average Bonchev–Trinajstić information content (AvgIpc) is 2.99. The number of imidazole rings is 1. The summed E-state index contributed by atoms with van der Waals surface area (Å²) in [5.41, 5.74) is 2.70. The molecule has 3 aromatic rings. The van der Waals surface area contributed by atoms with E-state index in [1.165, 1.54) is 0 Å². The third kappa shape index (κ3) is 2.49. The van der Waals surface area contributed by atoms with Gasteiger partial charge in [-0.25, -0.2) is 4.98 Å². The number of anilines is 1. The SMILES string of the molecule is O=C1C[C@H](c2ccc(O)cc2)c2ncn(-c3ccccc3Br)c2N1. The van der Waals surface area contributed by atoms with Crippen molar-refractivity contribution in [3.8, 4) is 11.4 Å². The van der Waals surface area contributed by atoms with Crippen molar-refractivity contribution >= 4 is 27.7 Å². The van der Waals surface area contributed by atoms with Crippen molar-refractivity contribution in [2.75, 3.05) is 5.32 Å². The molecule has 4 rings (SSSR count). The number of carbonyl (C=O) groups excluding carboxylic acids is 1. The van der Waals surface area contributed by atoms with Crippen LogP contribution in [0.2, 0.25) is 0 Å². The molecule has 0 fully saturated rings. The molecule has 1 aromatic heterocycles. The van der Waals surface area contributed by atoms with Gasteiger partial charge in [-0.1, -0.05) is 24.3 Å². The fourth-order valence-corrected chi connectivity index (χ4v) is 3.49. The second kappa shape index (κ2) is 5.79. The summed E-state index contributed by atoms with van der Waals surface area (Å²) in [4.78, 5) is 16.8. The van der Waals surface area contributed by atoms with Gasteiger partial charge in [-0.15, -0.1) is 0 Å². The number of benzene rings is 2. The van der Waals surface area contributed by atoms with E-state index in [2.05, 4.69) is 26.2 Å². The van der Waals surface area contributed by atoms with Crippen LogP contribution >= 0.6 is 15.9 Å². The quantitative estimate of drug-likeness (QED) is 0.706. The van der Waals surface area contributed by atoms with Crippen molar-refractivity contribution in [1.82, 2.24) is 9.55 Å². The van der Waals surface area contributed by atoms with E-state index in [-0.39, 0.29) is 17.6 Å². The molecule has 1 atom stereocenters. The van der Waals surface area contributed by atoms with Crippen molar-refractivity contribution in [2.24, 2.45) is 0 Å². The minimum Gasteiger partial charge on any atom is -0.508 e. The highest BCUT2D eigenvalue weighted by Gasteiger charge is 2.31. The first-order valence-electron chi connectivity index (χ1n) is 7.54. The molecule has 6 heteroatoms. The lowest BCUT2D eigenvalue weighted by Gasteiger charge is -2.23. The summed E-state index contributed by atoms with van der Waals surface area (Å²) < 4.78 is 2.80. The van der Waals surface area contributed by atoms with Crippen LogP contribution in [0.25, 0.3) is 5.69 Å². The zero-order valence-corrected chi connectivity index (χ0v) is 14.2. The average molecular weight is 384 g/mol. The normalized spacial score (nSPS) is 16.5. The Labute approximate surface area is 147 Å². The van der Waals surface area contributed by atoms with Crippen LogP contribution in [0.15, 0.2) is 59.3 Å². The Kier molecular flexibility index (Phi) is 3.61. The van der Waals surface area contributed by atoms with Crippen LogP contribution in [0, 0.1) is 0 Å². The Morgan fingerprint density at radius 3 is 2.67 bits per heavy atom. The number of fused-ring (bicyclic) bond motifs is 1. The standard InChI is InChI=1S/C18H14BrN3O2/c19-14-3-1-2-4-15(14)22-10-20-17-13(9-16(24)21-18(17)22)11-5-7-12(23)8-6-11/h1-8,10,13,23H,9H2,(H,21,24)/t13-/m1/s1. The zero-order valence-electron chi connectivity index (χ0n) is 12.6. The van der Waals surface area contributed by atoms with Gasteiger partial charge in [0.05, 0.1) is 11.4 Å². The second-order valence-electron chi connectivity index (χ2n) is 5.70. The molecule has 120 valence electrons. The highest BCUT2D eigenvalue weighted by Crippen LogP contribution is 2.38. The van der Waals surface area contributed by atoms with Gasteiger partial charge in [-0.2, -0.15) is 0 Å². The molecule has 0 spiro atoms. The van der Waals surface area contributed by atoms with Crippen LogP contribution in [0.1, 0.15) is 23.6 Å². The van der Waals surface area contributed by atoms with Gasteiger partial charge in [0.1, 0.15) is 17.9 Å². The summed E-state index contributed by atoms with van der Waals surface area (Å²) in [5.74, 6) is 0.724. The van der Waals surface area contributed by atoms with E-state index in [1.807, 2.05) is 41.0 Å². The fourth-order valence-electron chi connectivity index (χ4n) is 3.02. The summed E-state index contributed by atoms with van der Waals surface area (Å²) >= 11 is 3.54. The van der Waals surface area contributed by atoms with Crippen molar-refractivity contribution < 1.29 is 9.90 Å². The molecule has 0 saturated heterocycles. The maximum Gasteiger partial charge on any atom is 0.226 e. The number of nitrogens with zero attached hydrogens (tertiary/aromatic N) is 2. The van der Waals surface area contributed by atoms with Gasteiger partial charge in [-0.3, -0.25) is 9.36 Å². The largest absolute Gasteiger partial charge is 0.508 e. The third-order valence-corrected chi connectivity index (χ3v) is 4.85. The van der Waals surface area contributed by atoms with Crippen molar-refractivity contribution in [3.63, 3.8) is 0 Å². The smallest absolute Gasteiger partial charge is 0.226 e. The van der Waals surface area contributed by atoms with Crippen LogP contribution in [-0.2, 0) is 4.79 Å². The van der Waals surface area contributed by atoms with Gasteiger partial charge in [0.25, 0.3) is 0 Å². The molecule has 0 bridgehead atoms. The predicted molar refractivity (Wildman–Crippen MR) is 94.5 cm³/mol. The molecule has 0 saturated carbocycles. The summed E-state index contributed by atoms with van der Waals surface area (Å²) in [6, 6.07) is 14.7. The van der Waals surface area contributed by atoms with E-state index in [0.29, 0.717) is 12.2 Å². The lowest BCUT2D eigenvalue weighted by Crippen LogP contribution is -2.24. The lowest BCUT2D eigenvalue weighted by molar-refractivity contribution is -0.116. The number of amides is 1. The van der Waals surface area contributed by atoms with Gasteiger partial charge >= 0.3 is 0 Å². The summed E-state index contributed by atoms with van der Waals surface area (Å²) in [5, 5.41) is 12.4. The Hall–Kier alpha value is -2.60. The molecule has 0 unspecified atom stereocenters. The van der Waals surface area contributed by atoms with Gasteiger partial charge in [0, 0.05) is 16.8 Å². The Balaban J connectivity index is 1.83. The zero-order chi connectivity index (χ0) is 16.7. The molecule has 0 aliphatic carbocycles. The number of nitrogens with one attached hydrogen (secondary N) is 1. The van der Waals surface area contributed by atoms with Crippen LogP contribution in [-0.4, -0.2) is 20.6 Å². The number of carbonyl (C=O) groups is 1. The van der Waals surface area contributed by atoms with Gasteiger partial charge in [0.2, 0.25) is 5.91 Å². The van der Waals surface area contributed by atoms with Gasteiger partial charge in [0.15, 0.2) is 0 Å². The number of hydrogen-bond donors (Lipinski definition) is 2. The fraction of sp³-hybridized carbons (Fsp3) is 0.111. The van der Waals surface area contributed by atoms with Crippen LogP contribution in [0.5, 0.6) is 5.75 Å². The van der Waals surface area contributed by atoms with Crippen molar-refractivity contribution in [3.05, 3.63) is 70.6 Å². The van der Waals surface area contributed by atoms with Crippen LogP contribution in [0.3, 0.4) is 0 Å². The number of aromatic nitrogens is 2. The van der Waals surface area contributed by atoms with Gasteiger partial charge in [-0.05, 0) is 45.8 Å². The number of halogens is 1. The Morgan fingerprint density at radius 1 is 1.17 bits per heavy atom. The highest BCUT2D eigenvalue weighted by molar-refractivity contribution is 9.10. The number of phenols is 1. The number of rotatable bonds is 2. The molecular weight excluding hydrogens is 370 g/mol. The summed E-state index contributed by atoms with van der Waals surface area (Å²) in [7, 11) is 0.